The lowest BCUT2D eigenvalue weighted by atomic mass is 10.2. The van der Waals surface area contributed by atoms with Gasteiger partial charge < -0.3 is 0 Å². The van der Waals surface area contributed by atoms with E-state index in [1.807, 2.05) is 0 Å². The summed E-state index contributed by atoms with van der Waals surface area (Å²) in [6.45, 7) is 4.72. The first kappa shape index (κ1) is 4.84. The molecule has 2 saturated carbocycles. The molecule has 2 aliphatic carbocycles. The SMILES string of the molecule is CCC1CC12CC2C. The van der Waals surface area contributed by atoms with Crippen LogP contribution in [0, 0.1) is 17.3 Å². The van der Waals surface area contributed by atoms with Gasteiger partial charge in [-0.15, -0.1) is 0 Å². The lowest BCUT2D eigenvalue weighted by Crippen LogP contribution is -1.78. The van der Waals surface area contributed by atoms with Gasteiger partial charge in [0.15, 0.2) is 0 Å². The number of hydrogen-bond donors (Lipinski definition) is 0. The normalized spacial score (nSPS) is 59.2. The van der Waals surface area contributed by atoms with Crippen LogP contribution in [-0.2, 0) is 0 Å². The fourth-order valence-electron chi connectivity index (χ4n) is 2.32. The predicted octanol–water partition coefficient (Wildman–Crippen LogP) is 2.44. The quantitative estimate of drug-likeness (QED) is 0.486. The van der Waals surface area contributed by atoms with Crippen molar-refractivity contribution in [1.82, 2.24) is 0 Å². The first-order valence-electron chi connectivity index (χ1n) is 3.79. The van der Waals surface area contributed by atoms with E-state index < -0.39 is 0 Å². The van der Waals surface area contributed by atoms with Crippen molar-refractivity contribution in [2.24, 2.45) is 17.3 Å². The first-order chi connectivity index (χ1) is 3.79. The van der Waals surface area contributed by atoms with E-state index in [2.05, 4.69) is 13.8 Å². The molecule has 0 saturated heterocycles. The second kappa shape index (κ2) is 1.12. The average molecular weight is 110 g/mol. The van der Waals surface area contributed by atoms with E-state index in [-0.39, 0.29) is 0 Å². The molecule has 8 heavy (non-hydrogen) atoms. The second-order valence-electron chi connectivity index (χ2n) is 3.65. The van der Waals surface area contributed by atoms with Crippen molar-refractivity contribution in [3.63, 3.8) is 0 Å². The maximum absolute atomic E-state index is 2.40. The van der Waals surface area contributed by atoms with E-state index >= 15 is 0 Å². The monoisotopic (exact) mass is 110 g/mol. The summed E-state index contributed by atoms with van der Waals surface area (Å²) >= 11 is 0. The number of hydrogen-bond acceptors (Lipinski definition) is 0. The van der Waals surface area contributed by atoms with Crippen LogP contribution in [0.4, 0.5) is 0 Å². The van der Waals surface area contributed by atoms with Gasteiger partial charge in [-0.3, -0.25) is 0 Å². The maximum atomic E-state index is 2.40. The van der Waals surface area contributed by atoms with Crippen LogP contribution >= 0.6 is 0 Å². The summed E-state index contributed by atoms with van der Waals surface area (Å²) < 4.78 is 0. The third kappa shape index (κ3) is 0.375. The summed E-state index contributed by atoms with van der Waals surface area (Å²) in [6, 6.07) is 0. The van der Waals surface area contributed by atoms with Gasteiger partial charge in [0.1, 0.15) is 0 Å². The standard InChI is InChI=1S/C8H14/c1-3-7-5-8(7)4-6(8)2/h6-7H,3-5H2,1-2H3. The van der Waals surface area contributed by atoms with E-state index in [9.17, 15) is 0 Å². The largest absolute Gasteiger partial charge is 0.0651 e. The molecule has 3 atom stereocenters. The first-order valence-corrected chi connectivity index (χ1v) is 3.79. The topological polar surface area (TPSA) is 0 Å². The molecule has 0 amide bonds. The molecule has 0 radical (unpaired) electrons. The fraction of sp³-hybridized carbons (Fsp3) is 1.00. The summed E-state index contributed by atoms with van der Waals surface area (Å²) in [6.07, 6.45) is 4.54. The Labute approximate surface area is 51.3 Å². The summed E-state index contributed by atoms with van der Waals surface area (Å²) in [5, 5.41) is 0. The van der Waals surface area contributed by atoms with Gasteiger partial charge in [0.05, 0.1) is 0 Å². The molecule has 0 nitrogen and oxygen atoms in total. The Balaban J connectivity index is 1.97. The van der Waals surface area contributed by atoms with Crippen LogP contribution in [0.1, 0.15) is 33.1 Å². The zero-order valence-electron chi connectivity index (χ0n) is 5.78. The Morgan fingerprint density at radius 2 is 2.12 bits per heavy atom. The van der Waals surface area contributed by atoms with Crippen LogP contribution < -0.4 is 0 Å². The van der Waals surface area contributed by atoms with Gasteiger partial charge in [0.2, 0.25) is 0 Å². The summed E-state index contributed by atoms with van der Waals surface area (Å²) in [5.41, 5.74) is 0.925. The van der Waals surface area contributed by atoms with Gasteiger partial charge in [-0.1, -0.05) is 20.3 Å². The van der Waals surface area contributed by atoms with Crippen molar-refractivity contribution < 1.29 is 0 Å². The zero-order valence-corrected chi connectivity index (χ0v) is 5.78. The zero-order chi connectivity index (χ0) is 5.78. The van der Waals surface area contributed by atoms with Crippen molar-refractivity contribution in [2.75, 3.05) is 0 Å². The van der Waals surface area contributed by atoms with Gasteiger partial charge in [0, 0.05) is 0 Å². The van der Waals surface area contributed by atoms with E-state index in [1.54, 1.807) is 12.8 Å². The van der Waals surface area contributed by atoms with Gasteiger partial charge >= 0.3 is 0 Å². The molecule has 2 fully saturated rings. The fourth-order valence-corrected chi connectivity index (χ4v) is 2.32. The lowest BCUT2D eigenvalue weighted by molar-refractivity contribution is 0.639. The van der Waals surface area contributed by atoms with Crippen LogP contribution in [0.3, 0.4) is 0 Å². The molecule has 0 aliphatic heterocycles. The summed E-state index contributed by atoms with van der Waals surface area (Å²) in [7, 11) is 0. The highest BCUT2D eigenvalue weighted by atomic mass is 14.7. The Morgan fingerprint density at radius 1 is 1.50 bits per heavy atom. The highest BCUT2D eigenvalue weighted by molar-refractivity contribution is 5.15. The lowest BCUT2D eigenvalue weighted by Gasteiger charge is -1.85. The Hall–Kier alpha value is 0. The molecule has 2 rings (SSSR count). The molecule has 0 bridgehead atoms. The van der Waals surface area contributed by atoms with Crippen LogP contribution in [-0.4, -0.2) is 0 Å². The minimum atomic E-state index is 0.925. The molecular formula is C8H14. The van der Waals surface area contributed by atoms with Crippen molar-refractivity contribution >= 4 is 0 Å². The van der Waals surface area contributed by atoms with Gasteiger partial charge in [-0.25, -0.2) is 0 Å². The Morgan fingerprint density at radius 3 is 2.25 bits per heavy atom. The van der Waals surface area contributed by atoms with Gasteiger partial charge in [-0.2, -0.15) is 0 Å². The average Bonchev–Trinajstić information content (AvgIpc) is 2.55. The Kier molecular flexibility index (Phi) is 0.678. The molecule has 0 heteroatoms. The molecule has 0 aromatic carbocycles. The van der Waals surface area contributed by atoms with Crippen LogP contribution in [0.25, 0.3) is 0 Å². The summed E-state index contributed by atoms with van der Waals surface area (Å²) in [4.78, 5) is 0. The van der Waals surface area contributed by atoms with Gasteiger partial charge in [-0.05, 0) is 30.1 Å². The molecule has 3 unspecified atom stereocenters. The molecular weight excluding hydrogens is 96.1 g/mol. The second-order valence-corrected chi connectivity index (χ2v) is 3.65. The molecule has 0 aromatic rings. The van der Waals surface area contributed by atoms with Gasteiger partial charge in [0.25, 0.3) is 0 Å². The number of rotatable bonds is 1. The molecule has 2 aliphatic rings. The van der Waals surface area contributed by atoms with Crippen molar-refractivity contribution in [2.45, 2.75) is 33.1 Å². The predicted molar refractivity (Wildman–Crippen MR) is 34.6 cm³/mol. The highest BCUT2D eigenvalue weighted by Crippen LogP contribution is 2.75. The Bertz CT molecular complexity index is 117. The van der Waals surface area contributed by atoms with E-state index in [4.69, 9.17) is 0 Å². The van der Waals surface area contributed by atoms with E-state index in [1.165, 1.54) is 6.42 Å². The minimum Gasteiger partial charge on any atom is -0.0651 e. The van der Waals surface area contributed by atoms with Crippen LogP contribution in [0.2, 0.25) is 0 Å². The molecule has 46 valence electrons. The third-order valence-corrected chi connectivity index (χ3v) is 3.28. The highest BCUT2D eigenvalue weighted by Gasteiger charge is 2.66. The van der Waals surface area contributed by atoms with E-state index in [0.29, 0.717) is 0 Å². The van der Waals surface area contributed by atoms with Crippen LogP contribution in [0.5, 0.6) is 0 Å². The third-order valence-electron chi connectivity index (χ3n) is 3.28. The van der Waals surface area contributed by atoms with E-state index in [0.717, 1.165) is 17.3 Å². The smallest absolute Gasteiger partial charge is 0.0238 e. The van der Waals surface area contributed by atoms with Crippen molar-refractivity contribution in [1.29, 1.82) is 0 Å². The van der Waals surface area contributed by atoms with Crippen molar-refractivity contribution in [3.05, 3.63) is 0 Å². The molecule has 1 spiro atoms. The van der Waals surface area contributed by atoms with Crippen molar-refractivity contribution in [3.8, 4) is 0 Å². The molecule has 0 N–H and O–H groups in total. The molecule has 0 aromatic heterocycles. The molecule has 0 heterocycles. The summed E-state index contributed by atoms with van der Waals surface area (Å²) in [5.74, 6) is 2.23. The van der Waals surface area contributed by atoms with Crippen LogP contribution in [0.15, 0.2) is 0 Å². The maximum Gasteiger partial charge on any atom is -0.0238 e. The minimum absolute atomic E-state index is 0.925.